The summed E-state index contributed by atoms with van der Waals surface area (Å²) in [4.78, 5) is 30.3. The Morgan fingerprint density at radius 2 is 1.80 bits per heavy atom. The standard InChI is InChI=1S/C20H24N2O3/c1-4-25-19(23)9-12-22(14-17-7-10-21-11-8-17)20(24)18-6-5-15(2)16(3)13-18/h5-8,10-11,13H,4,9,12,14H2,1-3H3. The van der Waals surface area contributed by atoms with Crippen LogP contribution in [0, 0.1) is 13.8 Å². The van der Waals surface area contributed by atoms with E-state index in [-0.39, 0.29) is 18.3 Å². The number of rotatable bonds is 7. The lowest BCUT2D eigenvalue weighted by Gasteiger charge is -2.23. The van der Waals surface area contributed by atoms with Crippen molar-refractivity contribution in [1.82, 2.24) is 9.88 Å². The minimum Gasteiger partial charge on any atom is -0.466 e. The van der Waals surface area contributed by atoms with Gasteiger partial charge in [0.25, 0.3) is 5.91 Å². The van der Waals surface area contributed by atoms with Crippen LogP contribution in [-0.2, 0) is 16.1 Å². The van der Waals surface area contributed by atoms with E-state index in [4.69, 9.17) is 4.74 Å². The van der Waals surface area contributed by atoms with E-state index in [1.807, 2.05) is 44.2 Å². The lowest BCUT2D eigenvalue weighted by atomic mass is 10.1. The van der Waals surface area contributed by atoms with Crippen LogP contribution in [-0.4, -0.2) is 34.9 Å². The Balaban J connectivity index is 2.18. The Kier molecular flexibility index (Phi) is 6.69. The van der Waals surface area contributed by atoms with E-state index in [0.717, 1.165) is 16.7 Å². The summed E-state index contributed by atoms with van der Waals surface area (Å²) in [7, 11) is 0. The summed E-state index contributed by atoms with van der Waals surface area (Å²) in [6, 6.07) is 9.39. The molecule has 2 rings (SSSR count). The Bertz CT molecular complexity index is 729. The quantitative estimate of drug-likeness (QED) is 0.726. The van der Waals surface area contributed by atoms with Gasteiger partial charge in [0.05, 0.1) is 13.0 Å². The molecule has 0 radical (unpaired) electrons. The molecule has 5 nitrogen and oxygen atoms in total. The van der Waals surface area contributed by atoms with Crippen LogP contribution in [0.2, 0.25) is 0 Å². The average molecular weight is 340 g/mol. The largest absolute Gasteiger partial charge is 0.466 e. The first-order valence-corrected chi connectivity index (χ1v) is 8.42. The van der Waals surface area contributed by atoms with Crippen LogP contribution in [0.4, 0.5) is 0 Å². The Morgan fingerprint density at radius 1 is 1.08 bits per heavy atom. The van der Waals surface area contributed by atoms with Gasteiger partial charge in [-0.3, -0.25) is 14.6 Å². The molecule has 1 aromatic heterocycles. The average Bonchev–Trinajstić information content (AvgIpc) is 2.61. The van der Waals surface area contributed by atoms with Gasteiger partial charge in [0.1, 0.15) is 0 Å². The third-order valence-electron chi connectivity index (χ3n) is 4.06. The molecule has 0 saturated heterocycles. The highest BCUT2D eigenvalue weighted by Gasteiger charge is 2.18. The third-order valence-corrected chi connectivity index (χ3v) is 4.06. The number of hydrogen-bond donors (Lipinski definition) is 0. The first-order valence-electron chi connectivity index (χ1n) is 8.42. The van der Waals surface area contributed by atoms with Crippen molar-refractivity contribution in [3.8, 4) is 0 Å². The summed E-state index contributed by atoms with van der Waals surface area (Å²) in [5, 5.41) is 0. The van der Waals surface area contributed by atoms with Gasteiger partial charge >= 0.3 is 5.97 Å². The van der Waals surface area contributed by atoms with E-state index in [1.54, 1.807) is 24.2 Å². The molecular weight excluding hydrogens is 316 g/mol. The van der Waals surface area contributed by atoms with Gasteiger partial charge in [0, 0.05) is 31.0 Å². The SMILES string of the molecule is CCOC(=O)CCN(Cc1ccncc1)C(=O)c1ccc(C)c(C)c1. The van der Waals surface area contributed by atoms with Crippen LogP contribution < -0.4 is 0 Å². The second kappa shape index (κ2) is 8.97. The van der Waals surface area contributed by atoms with Gasteiger partial charge in [0.2, 0.25) is 0 Å². The van der Waals surface area contributed by atoms with Crippen LogP contribution in [0.3, 0.4) is 0 Å². The molecule has 0 atom stereocenters. The summed E-state index contributed by atoms with van der Waals surface area (Å²) in [5.41, 5.74) is 3.81. The molecular formula is C20H24N2O3. The fourth-order valence-electron chi connectivity index (χ4n) is 2.48. The summed E-state index contributed by atoms with van der Waals surface area (Å²) >= 11 is 0. The van der Waals surface area contributed by atoms with Gasteiger partial charge in [-0.1, -0.05) is 6.07 Å². The monoisotopic (exact) mass is 340 g/mol. The number of benzene rings is 1. The molecule has 0 spiro atoms. The van der Waals surface area contributed by atoms with Crippen LogP contribution in [0.25, 0.3) is 0 Å². The molecule has 1 aromatic carbocycles. The third kappa shape index (κ3) is 5.41. The van der Waals surface area contributed by atoms with Crippen molar-refractivity contribution >= 4 is 11.9 Å². The Morgan fingerprint density at radius 3 is 2.44 bits per heavy atom. The maximum absolute atomic E-state index is 12.9. The normalized spacial score (nSPS) is 10.4. The predicted octanol–water partition coefficient (Wildman–Crippen LogP) is 3.29. The summed E-state index contributed by atoms with van der Waals surface area (Å²) in [6.45, 7) is 6.85. The lowest BCUT2D eigenvalue weighted by molar-refractivity contribution is -0.143. The van der Waals surface area contributed by atoms with Crippen molar-refractivity contribution in [2.24, 2.45) is 0 Å². The van der Waals surface area contributed by atoms with Gasteiger partial charge in [-0.15, -0.1) is 0 Å². The summed E-state index contributed by atoms with van der Waals surface area (Å²) in [6.07, 6.45) is 3.56. The molecule has 0 unspecified atom stereocenters. The lowest BCUT2D eigenvalue weighted by Crippen LogP contribution is -2.33. The maximum atomic E-state index is 12.9. The highest BCUT2D eigenvalue weighted by atomic mass is 16.5. The van der Waals surface area contributed by atoms with Crippen molar-refractivity contribution in [3.05, 3.63) is 65.0 Å². The van der Waals surface area contributed by atoms with E-state index >= 15 is 0 Å². The minimum atomic E-state index is -0.296. The number of esters is 1. The van der Waals surface area contributed by atoms with Crippen molar-refractivity contribution in [1.29, 1.82) is 0 Å². The van der Waals surface area contributed by atoms with Crippen molar-refractivity contribution in [3.63, 3.8) is 0 Å². The van der Waals surface area contributed by atoms with Gasteiger partial charge in [-0.05, 0) is 61.7 Å². The molecule has 0 aliphatic carbocycles. The smallest absolute Gasteiger partial charge is 0.307 e. The van der Waals surface area contributed by atoms with Crippen LogP contribution in [0.1, 0.15) is 40.4 Å². The highest BCUT2D eigenvalue weighted by molar-refractivity contribution is 5.94. The second-order valence-corrected chi connectivity index (χ2v) is 5.94. The Hall–Kier alpha value is -2.69. The van der Waals surface area contributed by atoms with Gasteiger partial charge in [-0.2, -0.15) is 0 Å². The fraction of sp³-hybridized carbons (Fsp3) is 0.350. The number of nitrogens with zero attached hydrogens (tertiary/aromatic N) is 2. The van der Waals surface area contributed by atoms with E-state index in [9.17, 15) is 9.59 Å². The molecule has 1 amide bonds. The zero-order valence-electron chi connectivity index (χ0n) is 15.0. The zero-order valence-corrected chi connectivity index (χ0v) is 15.0. The van der Waals surface area contributed by atoms with Gasteiger partial charge in [0.15, 0.2) is 0 Å². The second-order valence-electron chi connectivity index (χ2n) is 5.94. The first kappa shape index (κ1) is 18.6. The predicted molar refractivity (Wildman–Crippen MR) is 96.1 cm³/mol. The number of aryl methyl sites for hydroxylation is 2. The fourth-order valence-corrected chi connectivity index (χ4v) is 2.48. The van der Waals surface area contributed by atoms with E-state index in [1.165, 1.54) is 0 Å². The van der Waals surface area contributed by atoms with Gasteiger partial charge < -0.3 is 9.64 Å². The number of carbonyl (C=O) groups excluding carboxylic acids is 2. The number of ether oxygens (including phenoxy) is 1. The number of pyridine rings is 1. The van der Waals surface area contributed by atoms with Crippen molar-refractivity contribution in [2.75, 3.05) is 13.2 Å². The number of hydrogen-bond acceptors (Lipinski definition) is 4. The van der Waals surface area contributed by atoms with Crippen LogP contribution in [0.5, 0.6) is 0 Å². The molecule has 132 valence electrons. The van der Waals surface area contributed by atoms with E-state index < -0.39 is 0 Å². The highest BCUT2D eigenvalue weighted by Crippen LogP contribution is 2.14. The van der Waals surface area contributed by atoms with E-state index in [0.29, 0.717) is 25.3 Å². The minimum absolute atomic E-state index is 0.0933. The first-order chi connectivity index (χ1) is 12.0. The topological polar surface area (TPSA) is 59.5 Å². The molecule has 0 fully saturated rings. The molecule has 25 heavy (non-hydrogen) atoms. The number of carbonyl (C=O) groups is 2. The summed E-state index contributed by atoms with van der Waals surface area (Å²) in [5.74, 6) is -0.390. The number of amides is 1. The molecule has 5 heteroatoms. The van der Waals surface area contributed by atoms with Gasteiger partial charge in [-0.25, -0.2) is 0 Å². The van der Waals surface area contributed by atoms with E-state index in [2.05, 4.69) is 4.98 Å². The van der Waals surface area contributed by atoms with Crippen LogP contribution in [0.15, 0.2) is 42.7 Å². The number of aromatic nitrogens is 1. The summed E-state index contributed by atoms with van der Waals surface area (Å²) < 4.78 is 4.98. The molecule has 0 N–H and O–H groups in total. The molecule has 0 saturated carbocycles. The molecule has 1 heterocycles. The molecule has 0 aliphatic heterocycles. The Labute approximate surface area is 148 Å². The maximum Gasteiger partial charge on any atom is 0.307 e. The molecule has 0 bridgehead atoms. The van der Waals surface area contributed by atoms with Crippen LogP contribution >= 0.6 is 0 Å². The zero-order chi connectivity index (χ0) is 18.2. The molecule has 2 aromatic rings. The van der Waals surface area contributed by atoms with Crippen molar-refractivity contribution in [2.45, 2.75) is 33.7 Å². The molecule has 0 aliphatic rings. The van der Waals surface area contributed by atoms with Crippen molar-refractivity contribution < 1.29 is 14.3 Å².